The van der Waals surface area contributed by atoms with Gasteiger partial charge < -0.3 is 9.80 Å². The zero-order valence-electron chi connectivity index (χ0n) is 14.4. The summed E-state index contributed by atoms with van der Waals surface area (Å²) in [6, 6.07) is 2.85. The van der Waals surface area contributed by atoms with E-state index in [0.29, 0.717) is 12.6 Å². The zero-order chi connectivity index (χ0) is 17.2. The fourth-order valence-corrected chi connectivity index (χ4v) is 4.02. The normalized spacial score (nSPS) is 25.6. The Hall–Kier alpha value is -2.20. The molecule has 7 nitrogen and oxygen atoms in total. The molecule has 1 saturated carbocycles. The summed E-state index contributed by atoms with van der Waals surface area (Å²) in [5.41, 5.74) is 0. The Morgan fingerprint density at radius 2 is 1.92 bits per heavy atom. The maximum Gasteiger partial charge on any atom is 0.225 e. The van der Waals surface area contributed by atoms with E-state index >= 15 is 0 Å². The molecule has 1 aliphatic carbocycles. The van der Waals surface area contributed by atoms with Gasteiger partial charge in [-0.05, 0) is 25.7 Å². The predicted molar refractivity (Wildman–Crippen MR) is 92.7 cm³/mol. The van der Waals surface area contributed by atoms with Crippen LogP contribution in [0.15, 0.2) is 18.6 Å². The molecule has 0 radical (unpaired) electrons. The summed E-state index contributed by atoms with van der Waals surface area (Å²) < 4.78 is 0. The van der Waals surface area contributed by atoms with Crippen LogP contribution in [0.1, 0.15) is 25.7 Å². The highest BCUT2D eigenvalue weighted by Crippen LogP contribution is 2.31. The number of piperidine rings is 1. The van der Waals surface area contributed by atoms with Crippen LogP contribution in [0, 0.1) is 17.2 Å². The number of rotatable bonds is 3. The molecule has 0 bridgehead atoms. The van der Waals surface area contributed by atoms with Gasteiger partial charge in [0.25, 0.3) is 0 Å². The topological polar surface area (TPSA) is 76.4 Å². The number of hydrogen-bond donors (Lipinski definition) is 0. The van der Waals surface area contributed by atoms with E-state index in [1.54, 1.807) is 18.6 Å². The van der Waals surface area contributed by atoms with Gasteiger partial charge in [-0.1, -0.05) is 0 Å². The number of carbonyl (C=O) groups excluding carboxylic acids is 1. The first-order valence-electron chi connectivity index (χ1n) is 9.21. The molecule has 132 valence electrons. The number of amides is 1. The molecular formula is C18H24N6O. The Balaban J connectivity index is 1.32. The van der Waals surface area contributed by atoms with E-state index in [1.807, 2.05) is 4.90 Å². The highest BCUT2D eigenvalue weighted by molar-refractivity contribution is 5.79. The lowest BCUT2D eigenvalue weighted by Crippen LogP contribution is -2.56. The molecular weight excluding hydrogens is 316 g/mol. The maximum atomic E-state index is 12.9. The number of carbonyl (C=O) groups is 1. The van der Waals surface area contributed by atoms with Crippen molar-refractivity contribution in [3.8, 4) is 6.07 Å². The molecule has 25 heavy (non-hydrogen) atoms. The number of aromatic nitrogens is 2. The Kier molecular flexibility index (Phi) is 4.53. The lowest BCUT2D eigenvalue weighted by atomic mass is 9.94. The van der Waals surface area contributed by atoms with E-state index < -0.39 is 0 Å². The summed E-state index contributed by atoms with van der Waals surface area (Å²) in [5, 5.41) is 9.46. The van der Waals surface area contributed by atoms with Crippen molar-refractivity contribution in [3.63, 3.8) is 0 Å². The summed E-state index contributed by atoms with van der Waals surface area (Å²) in [7, 11) is 0. The van der Waals surface area contributed by atoms with E-state index in [-0.39, 0.29) is 17.9 Å². The number of anilines is 1. The summed E-state index contributed by atoms with van der Waals surface area (Å²) in [6.07, 6.45) is 9.24. The van der Waals surface area contributed by atoms with Gasteiger partial charge in [-0.15, -0.1) is 0 Å². The fourth-order valence-electron chi connectivity index (χ4n) is 4.02. The molecule has 2 saturated heterocycles. The van der Waals surface area contributed by atoms with Crippen LogP contribution in [0.3, 0.4) is 0 Å². The molecule has 1 unspecified atom stereocenters. The average Bonchev–Trinajstić information content (AvgIpc) is 3.53. The minimum Gasteiger partial charge on any atom is -0.355 e. The second-order valence-corrected chi connectivity index (χ2v) is 7.22. The zero-order valence-corrected chi connectivity index (χ0v) is 14.4. The maximum absolute atomic E-state index is 12.9. The molecule has 0 aromatic carbocycles. The molecule has 1 atom stereocenters. The molecule has 4 rings (SSSR count). The van der Waals surface area contributed by atoms with Crippen LogP contribution in [0.5, 0.6) is 0 Å². The number of nitriles is 1. The van der Waals surface area contributed by atoms with E-state index in [2.05, 4.69) is 25.8 Å². The molecule has 1 aromatic rings. The first-order chi connectivity index (χ1) is 12.3. The van der Waals surface area contributed by atoms with Crippen molar-refractivity contribution in [2.24, 2.45) is 5.92 Å². The van der Waals surface area contributed by atoms with Crippen LogP contribution in [-0.2, 0) is 4.79 Å². The largest absolute Gasteiger partial charge is 0.355 e. The van der Waals surface area contributed by atoms with Crippen LogP contribution in [0.25, 0.3) is 0 Å². The average molecular weight is 340 g/mol. The molecule has 2 aliphatic heterocycles. The first-order valence-corrected chi connectivity index (χ1v) is 9.21. The Bertz CT molecular complexity index is 647. The Morgan fingerprint density at radius 3 is 2.56 bits per heavy atom. The third kappa shape index (κ3) is 3.45. The molecule has 7 heteroatoms. The SMILES string of the molecule is N#CC1CN(C(=O)C2CCN(c3cnccn3)CC2)CCN1C1CC1. The van der Waals surface area contributed by atoms with E-state index in [0.717, 1.165) is 44.8 Å². The van der Waals surface area contributed by atoms with Crippen molar-refractivity contribution < 1.29 is 4.79 Å². The number of piperazine rings is 1. The first kappa shape index (κ1) is 16.3. The van der Waals surface area contributed by atoms with Crippen LogP contribution >= 0.6 is 0 Å². The smallest absolute Gasteiger partial charge is 0.225 e. The van der Waals surface area contributed by atoms with E-state index in [4.69, 9.17) is 0 Å². The van der Waals surface area contributed by atoms with Gasteiger partial charge in [-0.25, -0.2) is 4.98 Å². The van der Waals surface area contributed by atoms with Crippen LogP contribution in [0.2, 0.25) is 0 Å². The van der Waals surface area contributed by atoms with Gasteiger partial charge >= 0.3 is 0 Å². The second kappa shape index (κ2) is 6.96. The highest BCUT2D eigenvalue weighted by atomic mass is 16.2. The van der Waals surface area contributed by atoms with Gasteiger partial charge in [0.15, 0.2) is 0 Å². The van der Waals surface area contributed by atoms with Crippen molar-refractivity contribution in [2.45, 2.75) is 37.8 Å². The van der Waals surface area contributed by atoms with Crippen molar-refractivity contribution in [3.05, 3.63) is 18.6 Å². The monoisotopic (exact) mass is 340 g/mol. The van der Waals surface area contributed by atoms with Crippen molar-refractivity contribution in [2.75, 3.05) is 37.6 Å². The Labute approximate surface area is 148 Å². The molecule has 1 aromatic heterocycles. The van der Waals surface area contributed by atoms with Gasteiger partial charge in [0.1, 0.15) is 11.9 Å². The van der Waals surface area contributed by atoms with Crippen molar-refractivity contribution >= 4 is 11.7 Å². The predicted octanol–water partition coefficient (Wildman–Crippen LogP) is 0.892. The van der Waals surface area contributed by atoms with E-state index in [1.165, 1.54) is 12.8 Å². The molecule has 1 amide bonds. The highest BCUT2D eigenvalue weighted by Gasteiger charge is 2.40. The minimum absolute atomic E-state index is 0.0692. The molecule has 3 heterocycles. The molecule has 0 spiro atoms. The van der Waals surface area contributed by atoms with Gasteiger partial charge in [0, 0.05) is 57.1 Å². The molecule has 3 aliphatic rings. The number of nitrogens with zero attached hydrogens (tertiary/aromatic N) is 6. The van der Waals surface area contributed by atoms with Gasteiger partial charge in [0.05, 0.1) is 12.3 Å². The minimum atomic E-state index is -0.134. The Morgan fingerprint density at radius 1 is 1.12 bits per heavy atom. The molecule has 3 fully saturated rings. The van der Waals surface area contributed by atoms with Gasteiger partial charge in [-0.2, -0.15) is 5.26 Å². The van der Waals surface area contributed by atoms with Crippen molar-refractivity contribution in [1.82, 2.24) is 19.8 Å². The molecule has 0 N–H and O–H groups in total. The summed E-state index contributed by atoms with van der Waals surface area (Å²) >= 11 is 0. The van der Waals surface area contributed by atoms with Crippen LogP contribution < -0.4 is 4.90 Å². The number of hydrogen-bond acceptors (Lipinski definition) is 6. The quantitative estimate of drug-likeness (QED) is 0.813. The van der Waals surface area contributed by atoms with Gasteiger partial charge in [0.2, 0.25) is 5.91 Å². The lowest BCUT2D eigenvalue weighted by Gasteiger charge is -2.41. The summed E-state index contributed by atoms with van der Waals surface area (Å²) in [5.74, 6) is 1.19. The van der Waals surface area contributed by atoms with Gasteiger partial charge in [-0.3, -0.25) is 14.7 Å². The van der Waals surface area contributed by atoms with Crippen LogP contribution in [0.4, 0.5) is 5.82 Å². The summed E-state index contributed by atoms with van der Waals surface area (Å²) in [4.78, 5) is 27.8. The standard InChI is InChI=1S/C18H24N6O/c19-11-16-13-23(9-10-24(16)15-1-2-15)18(25)14-3-7-22(8-4-14)17-12-20-5-6-21-17/h5-6,12,14-16H,1-4,7-10,13H2. The second-order valence-electron chi connectivity index (χ2n) is 7.22. The summed E-state index contributed by atoms with van der Waals surface area (Å²) in [6.45, 7) is 3.83. The lowest BCUT2D eigenvalue weighted by molar-refractivity contribution is -0.138. The van der Waals surface area contributed by atoms with E-state index in [9.17, 15) is 10.1 Å². The fraction of sp³-hybridized carbons (Fsp3) is 0.667. The third-order valence-electron chi connectivity index (χ3n) is 5.62. The van der Waals surface area contributed by atoms with Crippen LogP contribution in [-0.4, -0.2) is 70.5 Å². The third-order valence-corrected chi connectivity index (χ3v) is 5.62. The van der Waals surface area contributed by atoms with Crippen molar-refractivity contribution in [1.29, 1.82) is 5.26 Å².